The van der Waals surface area contributed by atoms with E-state index in [1.807, 2.05) is 0 Å². The largest absolute Gasteiger partial charge is 0.0636 e. The average molecular weight is 266 g/mol. The van der Waals surface area contributed by atoms with Crippen molar-refractivity contribution in [1.29, 1.82) is 0 Å². The Labute approximate surface area is 109 Å². The van der Waals surface area contributed by atoms with E-state index in [4.69, 9.17) is 12.3 Å². The van der Waals surface area contributed by atoms with Crippen molar-refractivity contribution in [3.63, 3.8) is 0 Å². The van der Waals surface area contributed by atoms with Crippen LogP contribution in [0.2, 0.25) is 0 Å². The molecule has 72 valence electrons. The second-order valence-corrected chi connectivity index (χ2v) is 3.73. The molecule has 0 aliphatic rings. The van der Waals surface area contributed by atoms with Crippen LogP contribution in [-0.2, 0) is 0 Å². The van der Waals surface area contributed by atoms with Crippen LogP contribution in [0.15, 0.2) is 58.9 Å². The third-order valence-corrected chi connectivity index (χ3v) is 2.86. The first-order valence-electron chi connectivity index (χ1n) is 8.69. The van der Waals surface area contributed by atoms with Crippen molar-refractivity contribution < 1.29 is 12.3 Å². The number of fused-ring (bicyclic) bond motifs is 2. The van der Waals surface area contributed by atoms with E-state index in [0.29, 0.717) is 0 Å². The van der Waals surface area contributed by atoms with E-state index in [-0.39, 0.29) is 44.1 Å². The second kappa shape index (κ2) is 3.35. The molecule has 0 atom stereocenters. The zero-order valence-corrected chi connectivity index (χ0v) is 8.96. The van der Waals surface area contributed by atoms with Gasteiger partial charge in [0.25, 0.3) is 0 Å². The summed E-state index contributed by atoms with van der Waals surface area (Å²) in [6.07, 6.45) is 0. The summed E-state index contributed by atoms with van der Waals surface area (Å²) in [5.74, 6) is 0. The van der Waals surface area contributed by atoms with Crippen LogP contribution in [-0.4, -0.2) is 0 Å². The normalized spacial score (nSPS) is 19.4. The highest BCUT2D eigenvalue weighted by molar-refractivity contribution is 9.10. The molecule has 0 radical (unpaired) electrons. The van der Waals surface area contributed by atoms with Gasteiger partial charge in [0.15, 0.2) is 0 Å². The van der Waals surface area contributed by atoms with E-state index in [1.54, 1.807) is 0 Å². The monoisotopic (exact) mass is 265 g/mol. The van der Waals surface area contributed by atoms with Crippen molar-refractivity contribution in [1.82, 2.24) is 0 Å². The fraction of sp³-hybridized carbons (Fsp3) is 0. The minimum absolute atomic E-state index is 0.0310. The Morgan fingerprint density at radius 1 is 0.800 bits per heavy atom. The lowest BCUT2D eigenvalue weighted by atomic mass is 10.0. The first-order valence-corrected chi connectivity index (χ1v) is 4.98. The third kappa shape index (κ3) is 1.35. The van der Waals surface area contributed by atoms with Crippen LogP contribution in [0.3, 0.4) is 0 Å². The second-order valence-electron chi connectivity index (χ2n) is 2.94. The van der Waals surface area contributed by atoms with E-state index >= 15 is 0 Å². The van der Waals surface area contributed by atoms with Gasteiger partial charge in [-0.25, -0.2) is 0 Å². The van der Waals surface area contributed by atoms with Gasteiger partial charge in [-0.15, -0.1) is 0 Å². The Morgan fingerprint density at radius 2 is 1.27 bits per heavy atom. The van der Waals surface area contributed by atoms with Crippen molar-refractivity contribution in [3.8, 4) is 0 Å². The smallest absolute Gasteiger partial charge is 0.0616 e. The molecule has 0 saturated carbocycles. The lowest BCUT2D eigenvalue weighted by Gasteiger charge is -2.05. The van der Waals surface area contributed by atoms with Crippen molar-refractivity contribution >= 4 is 37.5 Å². The van der Waals surface area contributed by atoms with Crippen LogP contribution in [0.4, 0.5) is 0 Å². The minimum Gasteiger partial charge on any atom is -0.0616 e. The first-order chi connectivity index (χ1) is 11.1. The van der Waals surface area contributed by atoms with Crippen LogP contribution in [0.1, 0.15) is 12.3 Å². The highest BCUT2D eigenvalue weighted by Gasteiger charge is 2.03. The number of hydrogen-bond donors (Lipinski definition) is 0. The lowest BCUT2D eigenvalue weighted by molar-refractivity contribution is 1.74. The molecule has 3 rings (SSSR count). The summed E-state index contributed by atoms with van der Waals surface area (Å²) in [7, 11) is 0. The fourth-order valence-corrected chi connectivity index (χ4v) is 1.99. The number of benzene rings is 3. The van der Waals surface area contributed by atoms with Gasteiger partial charge in [0.1, 0.15) is 0 Å². The highest BCUT2D eigenvalue weighted by Crippen LogP contribution is 2.32. The maximum absolute atomic E-state index is 8.32. The molecule has 3 aromatic carbocycles. The molecule has 0 aliphatic carbocycles. The number of halogens is 1. The van der Waals surface area contributed by atoms with Crippen LogP contribution < -0.4 is 0 Å². The zero-order valence-electron chi connectivity index (χ0n) is 16.4. The Bertz CT molecular complexity index is 894. The molecule has 0 nitrogen and oxygen atoms in total. The predicted molar refractivity (Wildman–Crippen MR) is 69.2 cm³/mol. The number of rotatable bonds is 0. The van der Waals surface area contributed by atoms with E-state index in [9.17, 15) is 0 Å². The molecule has 0 aromatic heterocycles. The van der Waals surface area contributed by atoms with Gasteiger partial charge in [0.2, 0.25) is 0 Å². The van der Waals surface area contributed by atoms with Gasteiger partial charge in [-0.1, -0.05) is 48.3 Å². The molecule has 0 aliphatic heterocycles. The summed E-state index contributed by atoms with van der Waals surface area (Å²) >= 11 is 3.22. The highest BCUT2D eigenvalue weighted by atomic mass is 79.9. The summed E-state index contributed by atoms with van der Waals surface area (Å²) in [4.78, 5) is 0. The summed E-state index contributed by atoms with van der Waals surface area (Å²) in [5, 5.41) is -0.0946. The van der Waals surface area contributed by atoms with Gasteiger partial charge in [-0.3, -0.25) is 0 Å². The number of hydrogen-bond acceptors (Lipinski definition) is 0. The first kappa shape index (κ1) is 3.60. The molecular formula is C14H9Br. The van der Waals surface area contributed by atoms with Gasteiger partial charge in [-0.05, 0) is 43.5 Å². The third-order valence-electron chi connectivity index (χ3n) is 2.06. The predicted octanol–water partition coefficient (Wildman–Crippen LogP) is 4.76. The van der Waals surface area contributed by atoms with E-state index in [1.165, 1.54) is 0 Å². The maximum Gasteiger partial charge on any atom is 0.0636 e. The molecular weight excluding hydrogens is 248 g/mol. The van der Waals surface area contributed by atoms with Gasteiger partial charge in [0, 0.05) is 4.47 Å². The fourth-order valence-electron chi connectivity index (χ4n) is 1.39. The van der Waals surface area contributed by atoms with Crippen LogP contribution in [0.5, 0.6) is 0 Å². The van der Waals surface area contributed by atoms with E-state index < -0.39 is 36.3 Å². The summed E-state index contributed by atoms with van der Waals surface area (Å²) in [5.41, 5.74) is 0. The minimum atomic E-state index is -0.493. The van der Waals surface area contributed by atoms with Crippen LogP contribution in [0.25, 0.3) is 21.5 Å². The molecule has 15 heavy (non-hydrogen) atoms. The van der Waals surface area contributed by atoms with Crippen molar-refractivity contribution in [3.05, 3.63) is 58.9 Å². The van der Waals surface area contributed by atoms with Gasteiger partial charge < -0.3 is 0 Å². The molecule has 0 heterocycles. The van der Waals surface area contributed by atoms with Gasteiger partial charge >= 0.3 is 0 Å². The van der Waals surface area contributed by atoms with Crippen molar-refractivity contribution in [2.24, 2.45) is 0 Å². The quantitative estimate of drug-likeness (QED) is 0.515. The van der Waals surface area contributed by atoms with Gasteiger partial charge in [-0.2, -0.15) is 0 Å². The Morgan fingerprint density at radius 3 is 1.80 bits per heavy atom. The topological polar surface area (TPSA) is 0 Å². The maximum atomic E-state index is 8.32. The molecule has 0 amide bonds. The molecule has 0 bridgehead atoms. The molecule has 0 N–H and O–H groups in total. The van der Waals surface area contributed by atoms with E-state index in [0.717, 1.165) is 0 Å². The molecule has 0 spiro atoms. The Balaban J connectivity index is 2.82. The van der Waals surface area contributed by atoms with Crippen molar-refractivity contribution in [2.45, 2.75) is 0 Å². The van der Waals surface area contributed by atoms with Gasteiger partial charge in [0.05, 0.1) is 12.3 Å². The van der Waals surface area contributed by atoms with Crippen LogP contribution in [0, 0.1) is 0 Å². The molecule has 1 heteroatoms. The lowest BCUT2D eigenvalue weighted by Crippen LogP contribution is -1.78. The standard InChI is InChI=1S/C14H9Br/c15-14-12-7-3-1-5-10(12)9-11-6-2-4-8-13(11)14/h1-9H/i1D,2D,3D,4D,5D,6D,7D,8D,9D. The van der Waals surface area contributed by atoms with Crippen molar-refractivity contribution in [2.75, 3.05) is 0 Å². The molecule has 0 fully saturated rings. The van der Waals surface area contributed by atoms with E-state index in [2.05, 4.69) is 15.9 Å². The Hall–Kier alpha value is -1.34. The molecule has 3 aromatic rings. The average Bonchev–Trinajstić information content (AvgIpc) is 2.55. The molecule has 0 unspecified atom stereocenters. The summed E-state index contributed by atoms with van der Waals surface area (Å²) in [6.45, 7) is 0. The zero-order chi connectivity index (χ0) is 18.1. The summed E-state index contributed by atoms with van der Waals surface area (Å²) in [6, 6.07) is -3.80. The van der Waals surface area contributed by atoms with Crippen LogP contribution >= 0.6 is 15.9 Å². The SMILES string of the molecule is [2H]c1c([2H])c([2H])c2c(Br)c3c([2H])c([2H])c([2H])c([2H])c3c([2H])c2c1[2H]. The summed E-state index contributed by atoms with van der Waals surface area (Å²) < 4.78 is 71.8. The Kier molecular flexibility index (Phi) is 0.805. The molecule has 0 saturated heterocycles.